The van der Waals surface area contributed by atoms with Crippen LogP contribution in [0.15, 0.2) is 10.9 Å². The maximum Gasteiger partial charge on any atom is 0.319 e. The molecule has 11 heteroatoms. The van der Waals surface area contributed by atoms with Crippen molar-refractivity contribution in [2.45, 2.75) is 75.9 Å². The summed E-state index contributed by atoms with van der Waals surface area (Å²) in [5, 5.41) is 15.2. The Labute approximate surface area is 230 Å². The lowest BCUT2D eigenvalue weighted by Gasteiger charge is -2.39. The van der Waals surface area contributed by atoms with Gasteiger partial charge in [0.25, 0.3) is 0 Å². The number of likely N-dealkylation sites (N-methyl/N-ethyl adjacent to an activating group) is 1. The number of likely N-dealkylation sites (tertiary alicyclic amines) is 1. The third kappa shape index (κ3) is 3.61. The van der Waals surface area contributed by atoms with Gasteiger partial charge in [0.2, 0.25) is 0 Å². The average molecular weight is 545 g/mol. The van der Waals surface area contributed by atoms with E-state index in [4.69, 9.17) is 25.0 Å². The van der Waals surface area contributed by atoms with Crippen molar-refractivity contribution in [1.82, 2.24) is 29.6 Å². The number of hydrogen-bond donors (Lipinski definition) is 1. The standard InChI is InChI=1S/C28H32N8O2S/c1-15(18-8-6-12-35(18)2)37-27-32-22(23-26(33-27)36(3)14-31-23)21-16-7-4-10-28(24(16)38-34-21)11-5-9-19-20(28)17(13-29)25(30)39-19/h14-15,18H,4-12,30H2,1-3H3. The first-order valence-electron chi connectivity index (χ1n) is 13.8. The Balaban J connectivity index is 1.35. The summed E-state index contributed by atoms with van der Waals surface area (Å²) in [6, 6.07) is 3.05. The number of hydrogen-bond acceptors (Lipinski definition) is 10. The molecule has 5 heterocycles. The van der Waals surface area contributed by atoms with E-state index >= 15 is 0 Å². The van der Waals surface area contributed by atoms with Crippen molar-refractivity contribution in [3.8, 4) is 23.5 Å². The van der Waals surface area contributed by atoms with Crippen molar-refractivity contribution >= 4 is 27.5 Å². The van der Waals surface area contributed by atoms with Gasteiger partial charge in [0, 0.05) is 23.5 Å². The molecule has 2 N–H and O–H groups in total. The molecule has 1 spiro atoms. The maximum atomic E-state index is 10.0. The quantitative estimate of drug-likeness (QED) is 0.398. The van der Waals surface area contributed by atoms with Gasteiger partial charge >= 0.3 is 6.01 Å². The molecule has 1 saturated heterocycles. The van der Waals surface area contributed by atoms with Crippen LogP contribution < -0.4 is 10.5 Å². The van der Waals surface area contributed by atoms with Crippen molar-refractivity contribution in [3.63, 3.8) is 0 Å². The zero-order valence-electron chi connectivity index (χ0n) is 22.5. The van der Waals surface area contributed by atoms with E-state index in [1.54, 1.807) is 17.7 Å². The zero-order chi connectivity index (χ0) is 26.9. The number of thiophene rings is 1. The Kier molecular flexibility index (Phi) is 5.68. The number of aryl methyl sites for hydroxylation is 2. The zero-order valence-corrected chi connectivity index (χ0v) is 23.3. The van der Waals surface area contributed by atoms with Crippen LogP contribution in [0.5, 0.6) is 6.01 Å². The minimum absolute atomic E-state index is 0.0559. The fourth-order valence-electron chi connectivity index (χ4n) is 7.21. The molecule has 1 aliphatic heterocycles. The number of nitriles is 1. The number of imidazole rings is 1. The van der Waals surface area contributed by atoms with Crippen molar-refractivity contribution in [2.24, 2.45) is 7.05 Å². The van der Waals surface area contributed by atoms with Crippen molar-refractivity contribution in [2.75, 3.05) is 19.3 Å². The number of anilines is 1. The van der Waals surface area contributed by atoms with Gasteiger partial charge < -0.3 is 19.6 Å². The van der Waals surface area contributed by atoms with E-state index in [-0.39, 0.29) is 11.5 Å². The molecule has 0 saturated carbocycles. The molecule has 3 unspecified atom stereocenters. The normalized spacial score (nSPS) is 23.6. The van der Waals surface area contributed by atoms with Crippen molar-refractivity contribution in [3.05, 3.63) is 33.7 Å². The van der Waals surface area contributed by atoms with E-state index in [9.17, 15) is 5.26 Å². The summed E-state index contributed by atoms with van der Waals surface area (Å²) < 4.78 is 14.5. The molecule has 1 fully saturated rings. The number of nitrogens with two attached hydrogens (primary N) is 1. The summed E-state index contributed by atoms with van der Waals surface area (Å²) in [7, 11) is 4.06. The molecular formula is C28H32N8O2S. The second kappa shape index (κ2) is 9.03. The lowest BCUT2D eigenvalue weighted by Crippen LogP contribution is -2.38. The summed E-state index contributed by atoms with van der Waals surface area (Å²) in [4.78, 5) is 17.8. The third-order valence-electron chi connectivity index (χ3n) is 9.03. The van der Waals surface area contributed by atoms with Gasteiger partial charge in [-0.3, -0.25) is 4.90 Å². The van der Waals surface area contributed by atoms with E-state index in [0.717, 1.165) is 68.4 Å². The molecule has 3 atom stereocenters. The van der Waals surface area contributed by atoms with Gasteiger partial charge in [0.1, 0.15) is 34.1 Å². The molecule has 202 valence electrons. The first-order valence-corrected chi connectivity index (χ1v) is 14.6. The van der Waals surface area contributed by atoms with Crippen molar-refractivity contribution in [1.29, 1.82) is 5.26 Å². The van der Waals surface area contributed by atoms with Gasteiger partial charge in [0.15, 0.2) is 11.4 Å². The fraction of sp³-hybridized carbons (Fsp3) is 0.536. The topological polar surface area (TPSA) is 132 Å². The van der Waals surface area contributed by atoms with Crippen molar-refractivity contribution < 1.29 is 9.26 Å². The number of rotatable bonds is 4. The molecule has 39 heavy (non-hydrogen) atoms. The van der Waals surface area contributed by atoms with E-state index < -0.39 is 0 Å². The number of ether oxygens (including phenoxy) is 1. The highest BCUT2D eigenvalue weighted by molar-refractivity contribution is 7.16. The van der Waals surface area contributed by atoms with Crippen LogP contribution >= 0.6 is 11.3 Å². The Morgan fingerprint density at radius 3 is 2.79 bits per heavy atom. The van der Waals surface area contributed by atoms with Crippen LogP contribution in [-0.4, -0.2) is 55.3 Å². The molecule has 3 aliphatic rings. The molecule has 2 aliphatic carbocycles. The van der Waals surface area contributed by atoms with E-state index in [1.165, 1.54) is 11.3 Å². The molecule has 4 aromatic rings. The lowest BCUT2D eigenvalue weighted by molar-refractivity contribution is 0.112. The number of nitrogens with zero attached hydrogens (tertiary/aromatic N) is 7. The van der Waals surface area contributed by atoms with Crippen LogP contribution in [0.4, 0.5) is 5.00 Å². The molecule has 7 rings (SSSR count). The second-order valence-electron chi connectivity index (χ2n) is 11.3. The number of fused-ring (bicyclic) bond motifs is 5. The Morgan fingerprint density at radius 1 is 1.21 bits per heavy atom. The summed E-state index contributed by atoms with van der Waals surface area (Å²) in [5.41, 5.74) is 11.3. The number of nitrogen functional groups attached to an aromatic ring is 1. The largest absolute Gasteiger partial charge is 0.459 e. The van der Waals surface area contributed by atoms with E-state index in [1.807, 2.05) is 11.6 Å². The van der Waals surface area contributed by atoms with Gasteiger partial charge in [-0.1, -0.05) is 5.16 Å². The Hall–Kier alpha value is -3.49. The Bertz CT molecular complexity index is 1630. The molecule has 0 amide bonds. The highest BCUT2D eigenvalue weighted by atomic mass is 32.1. The number of aromatic nitrogens is 5. The molecule has 0 radical (unpaired) electrons. The molecule has 0 aromatic carbocycles. The first kappa shape index (κ1) is 24.5. The van der Waals surface area contributed by atoms with Crippen LogP contribution in [0.1, 0.15) is 72.8 Å². The minimum Gasteiger partial charge on any atom is -0.459 e. The predicted molar refractivity (Wildman–Crippen MR) is 148 cm³/mol. The van der Waals surface area contributed by atoms with Gasteiger partial charge in [-0.15, -0.1) is 11.3 Å². The fourth-order valence-corrected chi connectivity index (χ4v) is 8.37. The predicted octanol–water partition coefficient (Wildman–Crippen LogP) is 4.35. The first-order chi connectivity index (χ1) is 18.9. The van der Waals surface area contributed by atoms with Gasteiger partial charge in [-0.25, -0.2) is 4.98 Å². The van der Waals surface area contributed by atoms with Gasteiger partial charge in [0.05, 0.1) is 17.3 Å². The monoisotopic (exact) mass is 544 g/mol. The molecule has 10 nitrogen and oxygen atoms in total. The summed E-state index contributed by atoms with van der Waals surface area (Å²) in [6.07, 6.45) is 9.53. The highest BCUT2D eigenvalue weighted by Gasteiger charge is 2.49. The van der Waals surface area contributed by atoms with Crippen LogP contribution in [0, 0.1) is 11.3 Å². The van der Waals surface area contributed by atoms with Gasteiger partial charge in [-0.05, 0) is 77.4 Å². The van der Waals surface area contributed by atoms with Gasteiger partial charge in [-0.2, -0.15) is 15.2 Å². The SMILES string of the molecule is CC(Oc1nc(-c2noc3c2CCCC32CCCc3sc(N)c(C#N)c32)c2ncn(C)c2n1)C1CCCN1C. The third-order valence-corrected chi connectivity index (χ3v) is 10.1. The van der Waals surface area contributed by atoms with Crippen LogP contribution in [0.2, 0.25) is 0 Å². The average Bonchev–Trinajstić information content (AvgIpc) is 3.70. The summed E-state index contributed by atoms with van der Waals surface area (Å²) >= 11 is 1.55. The maximum absolute atomic E-state index is 10.0. The van der Waals surface area contributed by atoms with Crippen LogP contribution in [0.3, 0.4) is 0 Å². The van der Waals surface area contributed by atoms with Crippen LogP contribution in [0.25, 0.3) is 22.6 Å². The molecular weight excluding hydrogens is 512 g/mol. The van der Waals surface area contributed by atoms with E-state index in [0.29, 0.717) is 45.2 Å². The smallest absolute Gasteiger partial charge is 0.319 e. The highest BCUT2D eigenvalue weighted by Crippen LogP contribution is 2.55. The van der Waals surface area contributed by atoms with Crippen LogP contribution in [-0.2, 0) is 25.3 Å². The summed E-state index contributed by atoms with van der Waals surface area (Å²) in [5.74, 6) is 0.852. The Morgan fingerprint density at radius 2 is 2.03 bits per heavy atom. The van der Waals surface area contributed by atoms with E-state index in [2.05, 4.69) is 35.1 Å². The molecule has 4 aromatic heterocycles. The lowest BCUT2D eigenvalue weighted by atomic mass is 9.63. The molecule has 0 bridgehead atoms. The second-order valence-corrected chi connectivity index (χ2v) is 12.4. The minimum atomic E-state index is -0.386. The summed E-state index contributed by atoms with van der Waals surface area (Å²) in [6.45, 7) is 3.16.